The zero-order valence-electron chi connectivity index (χ0n) is 16.1. The molecule has 0 aliphatic carbocycles. The van der Waals surface area contributed by atoms with Gasteiger partial charge in [-0.15, -0.1) is 0 Å². The summed E-state index contributed by atoms with van der Waals surface area (Å²) < 4.78 is 39.4. The first kappa shape index (κ1) is 21.4. The molecule has 6 nitrogen and oxygen atoms in total. The highest BCUT2D eigenvalue weighted by Gasteiger charge is 2.31. The van der Waals surface area contributed by atoms with Gasteiger partial charge in [-0.2, -0.15) is 18.3 Å². The Morgan fingerprint density at radius 3 is 2.70 bits per heavy atom. The number of aromatic nitrogens is 3. The number of aromatic amines is 1. The Balaban J connectivity index is 1.64. The Labute approximate surface area is 171 Å². The van der Waals surface area contributed by atoms with Gasteiger partial charge in [0, 0.05) is 25.1 Å². The van der Waals surface area contributed by atoms with E-state index >= 15 is 0 Å². The predicted molar refractivity (Wildman–Crippen MR) is 107 cm³/mol. The Bertz CT molecular complexity index is 929. The van der Waals surface area contributed by atoms with E-state index in [0.29, 0.717) is 30.5 Å². The molecule has 1 atom stereocenters. The van der Waals surface area contributed by atoms with Gasteiger partial charge in [-0.3, -0.25) is 14.9 Å². The number of amides is 1. The molecule has 3 rings (SSSR count). The Morgan fingerprint density at radius 2 is 2.00 bits per heavy atom. The van der Waals surface area contributed by atoms with Crippen LogP contribution >= 0.6 is 0 Å². The second-order valence-electron chi connectivity index (χ2n) is 6.80. The van der Waals surface area contributed by atoms with Crippen molar-refractivity contribution in [2.45, 2.75) is 31.5 Å². The van der Waals surface area contributed by atoms with E-state index in [9.17, 15) is 18.0 Å². The number of rotatable bonds is 9. The fraction of sp³-hybridized carbons (Fsp3) is 0.286. The number of hydrogen-bond donors (Lipinski definition) is 3. The monoisotopic (exact) mass is 417 g/mol. The molecule has 3 N–H and O–H groups in total. The Hall–Kier alpha value is -3.36. The van der Waals surface area contributed by atoms with Crippen molar-refractivity contribution >= 4 is 11.6 Å². The molecule has 0 radical (unpaired) electrons. The standard InChI is InChI=1S/C21H22F3N5O/c22-21(23,24)17-6-3-5-15(11-17)19(29-20(30)16-12-27-28-13-16)8-1-2-10-26-18-7-4-9-25-14-18/h3-7,9,11-14,19,26H,1-2,8,10H2,(H,27,28)(H,29,30)/t19-/m0/s1. The molecule has 9 heteroatoms. The third kappa shape index (κ3) is 6.07. The van der Waals surface area contributed by atoms with Crippen LogP contribution < -0.4 is 10.6 Å². The van der Waals surface area contributed by atoms with Gasteiger partial charge in [0.1, 0.15) is 0 Å². The quantitative estimate of drug-likeness (QED) is 0.445. The van der Waals surface area contributed by atoms with Crippen LogP contribution in [-0.2, 0) is 6.18 Å². The van der Waals surface area contributed by atoms with Crippen molar-refractivity contribution in [1.82, 2.24) is 20.5 Å². The fourth-order valence-electron chi connectivity index (χ4n) is 3.04. The fourth-order valence-corrected chi connectivity index (χ4v) is 3.04. The van der Waals surface area contributed by atoms with Gasteiger partial charge in [0.15, 0.2) is 0 Å². The highest BCUT2D eigenvalue weighted by molar-refractivity contribution is 5.93. The van der Waals surface area contributed by atoms with Crippen molar-refractivity contribution in [2.24, 2.45) is 0 Å². The van der Waals surface area contributed by atoms with Crippen LogP contribution in [0, 0.1) is 0 Å². The smallest absolute Gasteiger partial charge is 0.384 e. The van der Waals surface area contributed by atoms with Gasteiger partial charge in [0.2, 0.25) is 0 Å². The molecular formula is C21H22F3N5O. The third-order valence-electron chi connectivity index (χ3n) is 4.59. The highest BCUT2D eigenvalue weighted by Crippen LogP contribution is 2.31. The normalized spacial score (nSPS) is 12.4. The van der Waals surface area contributed by atoms with Gasteiger partial charge >= 0.3 is 6.18 Å². The number of carbonyl (C=O) groups excluding carboxylic acids is 1. The van der Waals surface area contributed by atoms with Crippen molar-refractivity contribution in [3.05, 3.63) is 77.9 Å². The minimum Gasteiger partial charge on any atom is -0.384 e. The molecule has 2 aromatic heterocycles. The summed E-state index contributed by atoms with van der Waals surface area (Å²) in [6, 6.07) is 8.27. The minimum absolute atomic E-state index is 0.324. The van der Waals surface area contributed by atoms with E-state index in [4.69, 9.17) is 0 Å². The molecule has 158 valence electrons. The number of nitrogens with one attached hydrogen (secondary N) is 3. The lowest BCUT2D eigenvalue weighted by Gasteiger charge is -2.20. The summed E-state index contributed by atoms with van der Waals surface area (Å²) in [5, 5.41) is 12.4. The van der Waals surface area contributed by atoms with Crippen molar-refractivity contribution in [2.75, 3.05) is 11.9 Å². The zero-order valence-corrected chi connectivity index (χ0v) is 16.1. The molecule has 0 bridgehead atoms. The van der Waals surface area contributed by atoms with E-state index in [2.05, 4.69) is 25.8 Å². The lowest BCUT2D eigenvalue weighted by Crippen LogP contribution is -2.28. The first-order valence-corrected chi connectivity index (χ1v) is 9.54. The molecule has 0 saturated carbocycles. The predicted octanol–water partition coefficient (Wildman–Crippen LogP) is 4.58. The van der Waals surface area contributed by atoms with Crippen molar-refractivity contribution in [1.29, 1.82) is 0 Å². The number of alkyl halides is 3. The molecule has 1 amide bonds. The molecule has 0 fully saturated rings. The second kappa shape index (κ2) is 9.91. The molecule has 0 saturated heterocycles. The summed E-state index contributed by atoms with van der Waals surface area (Å²) in [6.07, 6.45) is 3.77. The van der Waals surface area contributed by atoms with E-state index in [0.717, 1.165) is 24.2 Å². The maximum atomic E-state index is 13.1. The minimum atomic E-state index is -4.44. The van der Waals surface area contributed by atoms with Crippen LogP contribution in [0.5, 0.6) is 0 Å². The van der Waals surface area contributed by atoms with Gasteiger partial charge in [0.05, 0.1) is 29.1 Å². The number of H-pyrrole nitrogens is 1. The van der Waals surface area contributed by atoms with Gasteiger partial charge in [-0.25, -0.2) is 0 Å². The number of nitrogens with zero attached hydrogens (tertiary/aromatic N) is 2. The SMILES string of the molecule is O=C(N[C@@H](CCCCNc1cccnc1)c1cccc(C(F)(F)F)c1)c1cn[nH]c1. The summed E-state index contributed by atoms with van der Waals surface area (Å²) in [5.41, 5.74) is 0.910. The first-order chi connectivity index (χ1) is 14.4. The Morgan fingerprint density at radius 1 is 1.13 bits per heavy atom. The van der Waals surface area contributed by atoms with Crippen LogP contribution in [0.25, 0.3) is 0 Å². The van der Waals surface area contributed by atoms with Crippen molar-refractivity contribution < 1.29 is 18.0 Å². The summed E-state index contributed by atoms with van der Waals surface area (Å²) in [5.74, 6) is -0.389. The van der Waals surface area contributed by atoms with Crippen molar-refractivity contribution in [3.8, 4) is 0 Å². The third-order valence-corrected chi connectivity index (χ3v) is 4.59. The van der Waals surface area contributed by atoms with Crippen molar-refractivity contribution in [3.63, 3.8) is 0 Å². The molecule has 0 aliphatic heterocycles. The van der Waals surface area contributed by atoms with Crippen LogP contribution in [0.4, 0.5) is 18.9 Å². The highest BCUT2D eigenvalue weighted by atomic mass is 19.4. The molecule has 0 spiro atoms. The van der Waals surface area contributed by atoms with E-state index in [1.165, 1.54) is 18.5 Å². The number of pyridine rings is 1. The topological polar surface area (TPSA) is 82.7 Å². The summed E-state index contributed by atoms with van der Waals surface area (Å²) in [7, 11) is 0. The number of hydrogen-bond acceptors (Lipinski definition) is 4. The van der Waals surface area contributed by atoms with Gasteiger partial charge in [-0.05, 0) is 49.1 Å². The second-order valence-corrected chi connectivity index (χ2v) is 6.80. The first-order valence-electron chi connectivity index (χ1n) is 9.54. The molecule has 1 aromatic carbocycles. The Kier molecular flexibility index (Phi) is 7.05. The molecule has 2 heterocycles. The molecule has 0 unspecified atom stereocenters. The summed E-state index contributed by atoms with van der Waals surface area (Å²) in [6.45, 7) is 0.691. The zero-order chi connectivity index (χ0) is 21.4. The number of anilines is 1. The molecule has 0 aliphatic rings. The number of halogens is 3. The number of benzene rings is 1. The van der Waals surface area contributed by atoms with Crippen LogP contribution in [0.3, 0.4) is 0 Å². The molecular weight excluding hydrogens is 395 g/mol. The lowest BCUT2D eigenvalue weighted by atomic mass is 9.98. The van der Waals surface area contributed by atoms with E-state index in [-0.39, 0.29) is 5.91 Å². The average molecular weight is 417 g/mol. The van der Waals surface area contributed by atoms with Gasteiger partial charge in [-0.1, -0.05) is 12.1 Å². The van der Waals surface area contributed by atoms with Crippen LogP contribution in [0.2, 0.25) is 0 Å². The van der Waals surface area contributed by atoms with Crippen LogP contribution in [0.15, 0.2) is 61.2 Å². The maximum absolute atomic E-state index is 13.1. The number of carbonyl (C=O) groups is 1. The summed E-state index contributed by atoms with van der Waals surface area (Å²) >= 11 is 0. The van der Waals surface area contributed by atoms with E-state index in [1.54, 1.807) is 18.5 Å². The number of unbranched alkanes of at least 4 members (excludes halogenated alkanes) is 1. The van der Waals surface area contributed by atoms with Crippen LogP contribution in [0.1, 0.15) is 46.8 Å². The summed E-state index contributed by atoms with van der Waals surface area (Å²) in [4.78, 5) is 16.5. The van der Waals surface area contributed by atoms with Gasteiger partial charge in [0.25, 0.3) is 5.91 Å². The largest absolute Gasteiger partial charge is 0.416 e. The lowest BCUT2D eigenvalue weighted by molar-refractivity contribution is -0.137. The molecule has 3 aromatic rings. The van der Waals surface area contributed by atoms with Crippen LogP contribution in [-0.4, -0.2) is 27.6 Å². The van der Waals surface area contributed by atoms with E-state index < -0.39 is 17.8 Å². The van der Waals surface area contributed by atoms with E-state index in [1.807, 2.05) is 12.1 Å². The molecule has 30 heavy (non-hydrogen) atoms. The van der Waals surface area contributed by atoms with Gasteiger partial charge < -0.3 is 10.6 Å². The average Bonchev–Trinajstić information content (AvgIpc) is 3.28. The maximum Gasteiger partial charge on any atom is 0.416 e.